The Hall–Kier alpha value is -7.10. The summed E-state index contributed by atoms with van der Waals surface area (Å²) < 4.78 is 13.7. The zero-order chi connectivity index (χ0) is 36.8. The van der Waals surface area contributed by atoms with Crippen molar-refractivity contribution in [1.82, 2.24) is 0 Å². The van der Waals surface area contributed by atoms with Crippen molar-refractivity contribution in [2.75, 3.05) is 4.90 Å². The molecule has 0 fully saturated rings. The van der Waals surface area contributed by atoms with Crippen molar-refractivity contribution in [3.05, 3.63) is 216 Å². The second-order valence-electron chi connectivity index (χ2n) is 15.1. The Morgan fingerprint density at radius 1 is 0.464 bits per heavy atom. The van der Waals surface area contributed by atoms with Crippen LogP contribution < -0.4 is 14.4 Å². The Balaban J connectivity index is 0.911. The van der Waals surface area contributed by atoms with E-state index < -0.39 is 0 Å². The van der Waals surface area contributed by atoms with Gasteiger partial charge < -0.3 is 14.4 Å². The molecular formula is C53H35NO2. The molecule has 3 aliphatic carbocycles. The number of ether oxygens (including phenoxy) is 2. The molecule has 0 amide bonds. The van der Waals surface area contributed by atoms with Gasteiger partial charge in [0, 0.05) is 22.6 Å². The molecule has 1 spiro atoms. The summed E-state index contributed by atoms with van der Waals surface area (Å²) in [5.41, 5.74) is 15.7. The van der Waals surface area contributed by atoms with Crippen LogP contribution in [0.2, 0.25) is 0 Å². The van der Waals surface area contributed by atoms with Gasteiger partial charge >= 0.3 is 0 Å². The molecule has 0 N–H and O–H groups in total. The molecule has 0 atom stereocenters. The van der Waals surface area contributed by atoms with Crippen LogP contribution in [0, 0.1) is 0 Å². The second-order valence-corrected chi connectivity index (χ2v) is 15.1. The van der Waals surface area contributed by atoms with Crippen molar-refractivity contribution in [2.45, 2.75) is 18.3 Å². The van der Waals surface area contributed by atoms with E-state index >= 15 is 0 Å². The SMILES string of the molecule is C1=CC2=C(CC1)C1(c3ccccc3-c3ccccc31)c1ccc3c(c12)Oc1ccc(-c2ccc(N(c4ccccc4)c4ccc5ccccc5c4)cc2)cc1O3. The minimum Gasteiger partial charge on any atom is -0.449 e. The number of fused-ring (bicyclic) bond motifs is 13. The third-order valence-corrected chi connectivity index (χ3v) is 12.2. The van der Waals surface area contributed by atoms with Crippen LogP contribution >= 0.6 is 0 Å². The number of para-hydroxylation sites is 1. The fraction of sp³-hybridized carbons (Fsp3) is 0.0566. The number of hydrogen-bond acceptors (Lipinski definition) is 3. The summed E-state index contributed by atoms with van der Waals surface area (Å²) in [7, 11) is 0. The van der Waals surface area contributed by atoms with E-state index in [9.17, 15) is 0 Å². The smallest absolute Gasteiger partial charge is 0.178 e. The predicted octanol–water partition coefficient (Wildman–Crippen LogP) is 14.3. The van der Waals surface area contributed by atoms with E-state index in [1.165, 1.54) is 49.7 Å². The molecule has 0 aromatic heterocycles. The lowest BCUT2D eigenvalue weighted by Gasteiger charge is -2.33. The van der Waals surface area contributed by atoms with E-state index in [4.69, 9.17) is 9.47 Å². The first-order chi connectivity index (χ1) is 27.8. The molecular weight excluding hydrogens is 683 g/mol. The van der Waals surface area contributed by atoms with Crippen LogP contribution in [0.4, 0.5) is 17.1 Å². The minimum atomic E-state index is -0.346. The molecule has 3 nitrogen and oxygen atoms in total. The molecule has 12 rings (SSSR count). The van der Waals surface area contributed by atoms with Gasteiger partial charge in [0.1, 0.15) is 0 Å². The van der Waals surface area contributed by atoms with Gasteiger partial charge in [-0.25, -0.2) is 0 Å². The van der Waals surface area contributed by atoms with Gasteiger partial charge in [0.25, 0.3) is 0 Å². The highest BCUT2D eigenvalue weighted by Crippen LogP contribution is 2.66. The minimum absolute atomic E-state index is 0.346. The molecule has 8 aromatic rings. The van der Waals surface area contributed by atoms with Crippen molar-refractivity contribution < 1.29 is 9.47 Å². The fourth-order valence-corrected chi connectivity index (χ4v) is 9.85. The summed E-state index contributed by atoms with van der Waals surface area (Å²) in [5.74, 6) is 3.01. The van der Waals surface area contributed by atoms with E-state index in [0.717, 1.165) is 69.6 Å². The highest BCUT2D eigenvalue weighted by atomic mass is 16.6. The maximum absolute atomic E-state index is 6.92. The highest BCUT2D eigenvalue weighted by Gasteiger charge is 2.54. The van der Waals surface area contributed by atoms with Gasteiger partial charge in [0.2, 0.25) is 0 Å². The normalized spacial score (nSPS) is 14.9. The van der Waals surface area contributed by atoms with Gasteiger partial charge in [-0.3, -0.25) is 0 Å². The fourth-order valence-electron chi connectivity index (χ4n) is 9.85. The Morgan fingerprint density at radius 3 is 1.93 bits per heavy atom. The largest absolute Gasteiger partial charge is 0.449 e. The lowest BCUT2D eigenvalue weighted by Crippen LogP contribution is -2.27. The van der Waals surface area contributed by atoms with Gasteiger partial charge in [-0.05, 0) is 128 Å². The maximum atomic E-state index is 6.92. The quantitative estimate of drug-likeness (QED) is 0.181. The molecule has 8 aromatic carbocycles. The third kappa shape index (κ3) is 4.40. The van der Waals surface area contributed by atoms with Crippen LogP contribution in [0.5, 0.6) is 23.0 Å². The van der Waals surface area contributed by atoms with Gasteiger partial charge in [0.05, 0.1) is 5.41 Å². The Labute approximate surface area is 326 Å². The van der Waals surface area contributed by atoms with Crippen molar-refractivity contribution in [3.63, 3.8) is 0 Å². The first-order valence-electron chi connectivity index (χ1n) is 19.5. The number of benzene rings is 8. The summed E-state index contributed by atoms with van der Waals surface area (Å²) in [6.07, 6.45) is 6.66. The van der Waals surface area contributed by atoms with Crippen LogP contribution in [0.15, 0.2) is 194 Å². The van der Waals surface area contributed by atoms with Crippen molar-refractivity contribution in [3.8, 4) is 45.3 Å². The average molecular weight is 718 g/mol. The monoisotopic (exact) mass is 717 g/mol. The van der Waals surface area contributed by atoms with Gasteiger partial charge in [-0.1, -0.05) is 133 Å². The second kappa shape index (κ2) is 11.9. The molecule has 0 bridgehead atoms. The third-order valence-electron chi connectivity index (χ3n) is 12.2. The van der Waals surface area contributed by atoms with Crippen LogP contribution in [0.25, 0.3) is 38.6 Å². The summed E-state index contributed by atoms with van der Waals surface area (Å²) in [6, 6.07) is 63.1. The van der Waals surface area contributed by atoms with Gasteiger partial charge in [-0.2, -0.15) is 0 Å². The summed E-state index contributed by atoms with van der Waals surface area (Å²) in [5, 5.41) is 2.44. The zero-order valence-electron chi connectivity index (χ0n) is 30.6. The first-order valence-corrected chi connectivity index (χ1v) is 19.5. The van der Waals surface area contributed by atoms with Gasteiger partial charge in [0.15, 0.2) is 23.0 Å². The van der Waals surface area contributed by atoms with Crippen molar-refractivity contribution in [2.24, 2.45) is 0 Å². The highest BCUT2D eigenvalue weighted by molar-refractivity contribution is 5.99. The number of hydrogen-bond donors (Lipinski definition) is 0. The van der Waals surface area contributed by atoms with Crippen LogP contribution in [-0.4, -0.2) is 0 Å². The average Bonchev–Trinajstić information content (AvgIpc) is 3.74. The van der Waals surface area contributed by atoms with E-state index in [2.05, 4.69) is 193 Å². The molecule has 1 aliphatic heterocycles. The lowest BCUT2D eigenvalue weighted by molar-refractivity contribution is 0.358. The number of anilines is 3. The zero-order valence-corrected chi connectivity index (χ0v) is 30.6. The number of nitrogens with zero attached hydrogens (tertiary/aromatic N) is 1. The standard InChI is InChI=1S/C53H35NO2/c1-2-14-38(15-3-1)54(40-28-24-34-12-4-5-13-36(34)32-40)39-26-22-35(23-27-39)37-25-30-48-50(33-37)55-49-31-29-47-51(52(49)56-48)43-18-8-11-21-46(43)53(47)44-19-9-6-16-41(44)42-17-7-10-20-45(42)53/h1-10,12-20,22-33H,11,21H2. The van der Waals surface area contributed by atoms with E-state index in [1.807, 2.05) is 0 Å². The topological polar surface area (TPSA) is 21.7 Å². The molecule has 0 unspecified atom stereocenters. The van der Waals surface area contributed by atoms with Crippen LogP contribution in [-0.2, 0) is 5.41 Å². The van der Waals surface area contributed by atoms with E-state index in [-0.39, 0.29) is 5.41 Å². The van der Waals surface area contributed by atoms with E-state index in [1.54, 1.807) is 0 Å². The van der Waals surface area contributed by atoms with Gasteiger partial charge in [-0.15, -0.1) is 0 Å². The molecule has 264 valence electrons. The summed E-state index contributed by atoms with van der Waals surface area (Å²) in [4.78, 5) is 2.31. The maximum Gasteiger partial charge on any atom is 0.178 e. The molecule has 56 heavy (non-hydrogen) atoms. The van der Waals surface area contributed by atoms with Crippen molar-refractivity contribution in [1.29, 1.82) is 0 Å². The predicted molar refractivity (Wildman–Crippen MR) is 228 cm³/mol. The van der Waals surface area contributed by atoms with Crippen LogP contribution in [0.1, 0.15) is 35.1 Å². The molecule has 0 radical (unpaired) electrons. The molecule has 1 heterocycles. The molecule has 0 saturated heterocycles. The van der Waals surface area contributed by atoms with Crippen LogP contribution in [0.3, 0.4) is 0 Å². The Kier molecular flexibility index (Phi) is 6.67. The lowest BCUT2D eigenvalue weighted by atomic mass is 9.68. The molecule has 4 aliphatic rings. The molecule has 3 heteroatoms. The summed E-state index contributed by atoms with van der Waals surface area (Å²) in [6.45, 7) is 0. The Bertz CT molecular complexity index is 2930. The number of allylic oxidation sites excluding steroid dienone is 4. The summed E-state index contributed by atoms with van der Waals surface area (Å²) >= 11 is 0. The molecule has 0 saturated carbocycles. The Morgan fingerprint density at radius 2 is 1.12 bits per heavy atom. The number of rotatable bonds is 4. The van der Waals surface area contributed by atoms with E-state index in [0.29, 0.717) is 0 Å². The first kappa shape index (κ1) is 31.3. The van der Waals surface area contributed by atoms with Crippen molar-refractivity contribution >= 4 is 33.4 Å².